The van der Waals surface area contributed by atoms with E-state index in [1.165, 1.54) is 11.6 Å². The van der Waals surface area contributed by atoms with Crippen molar-refractivity contribution in [2.24, 2.45) is 10.9 Å². The number of nitrogens with zero attached hydrogens (tertiary/aromatic N) is 6. The molecule has 9 N–H and O–H groups in total. The number of β-lactam (4-membered cyclic amide) rings is 1. The molecule has 2 fully saturated rings. The molecule has 2 aliphatic rings. The summed E-state index contributed by atoms with van der Waals surface area (Å²) in [5, 5.41) is 34.4. The molecule has 204 valence electrons. The molecular formula is C17H21N11O8S2. The van der Waals surface area contributed by atoms with Crippen LogP contribution in [0.1, 0.15) is 24.2 Å². The third-order valence-electron chi connectivity index (χ3n) is 5.48. The van der Waals surface area contributed by atoms with Gasteiger partial charge < -0.3 is 32.0 Å². The van der Waals surface area contributed by atoms with Crippen molar-refractivity contribution >= 4 is 56.2 Å². The van der Waals surface area contributed by atoms with E-state index in [-0.39, 0.29) is 47.0 Å². The molecule has 19 nitrogen and oxygen atoms in total. The van der Waals surface area contributed by atoms with Crippen molar-refractivity contribution in [3.05, 3.63) is 23.0 Å². The minimum Gasteiger partial charge on any atom is -0.478 e. The third kappa shape index (κ3) is 5.47. The van der Waals surface area contributed by atoms with Gasteiger partial charge in [0.05, 0.1) is 19.3 Å². The summed E-state index contributed by atoms with van der Waals surface area (Å²) in [6.07, 6.45) is 1.62. The number of nitrogens with one attached hydrogen (secondary N) is 3. The maximum atomic E-state index is 13.1. The lowest BCUT2D eigenvalue weighted by molar-refractivity contribution is -0.153. The molecule has 38 heavy (non-hydrogen) atoms. The van der Waals surface area contributed by atoms with Gasteiger partial charge in [0.15, 0.2) is 16.8 Å². The van der Waals surface area contributed by atoms with Crippen molar-refractivity contribution in [2.45, 2.75) is 43.6 Å². The van der Waals surface area contributed by atoms with E-state index in [4.69, 9.17) is 21.7 Å². The van der Waals surface area contributed by atoms with E-state index in [9.17, 15) is 32.5 Å². The Balaban J connectivity index is 1.55. The Hall–Kier alpha value is -4.37. The number of thiazole rings is 1. The van der Waals surface area contributed by atoms with Crippen LogP contribution in [0.25, 0.3) is 0 Å². The number of hydrogen-bond acceptors (Lipinski definition) is 13. The number of anilines is 1. The van der Waals surface area contributed by atoms with Crippen molar-refractivity contribution in [1.29, 1.82) is 5.41 Å². The smallest absolute Gasteiger partial charge is 0.362 e. The average Bonchev–Trinajstić information content (AvgIpc) is 3.29. The van der Waals surface area contributed by atoms with Gasteiger partial charge in [-0.15, -0.1) is 11.3 Å². The first-order valence-electron chi connectivity index (χ1n) is 10.6. The van der Waals surface area contributed by atoms with Crippen molar-refractivity contribution in [1.82, 2.24) is 34.9 Å². The van der Waals surface area contributed by atoms with Crippen molar-refractivity contribution in [3.8, 4) is 0 Å². The van der Waals surface area contributed by atoms with Crippen molar-refractivity contribution in [2.75, 3.05) is 5.73 Å². The van der Waals surface area contributed by atoms with Crippen LogP contribution in [0.5, 0.6) is 0 Å². The number of nitrogens with two attached hydrogens (primary N) is 2. The van der Waals surface area contributed by atoms with Gasteiger partial charge in [0.25, 0.3) is 11.8 Å². The molecule has 0 radical (unpaired) electrons. The summed E-state index contributed by atoms with van der Waals surface area (Å²) in [7, 11) is -5.01. The fourth-order valence-electron chi connectivity index (χ4n) is 3.40. The quantitative estimate of drug-likeness (QED) is 0.0460. The van der Waals surface area contributed by atoms with Gasteiger partial charge in [-0.3, -0.25) is 19.6 Å². The van der Waals surface area contributed by atoms with E-state index >= 15 is 0 Å². The normalized spacial score (nSPS) is 20.4. The topological polar surface area (TPSA) is 294 Å². The molecule has 0 bridgehead atoms. The van der Waals surface area contributed by atoms with E-state index in [1.807, 2.05) is 0 Å². The maximum absolute atomic E-state index is 13.1. The first-order chi connectivity index (χ1) is 17.8. The first-order valence-corrected chi connectivity index (χ1v) is 12.9. The van der Waals surface area contributed by atoms with Crippen LogP contribution >= 0.6 is 11.3 Å². The van der Waals surface area contributed by atoms with Gasteiger partial charge in [-0.2, -0.15) is 23.4 Å². The number of nitrogen functional groups attached to an aromatic ring is 1. The highest BCUT2D eigenvalue weighted by Crippen LogP contribution is 2.40. The molecule has 3 heterocycles. The second kappa shape index (κ2) is 9.83. The highest BCUT2D eigenvalue weighted by molar-refractivity contribution is 7.84. The van der Waals surface area contributed by atoms with E-state index in [2.05, 4.69) is 31.0 Å². The standard InChI is InChI=1S/C17H21N11O8S2/c18-15(19)21-3-7-4-22-27(25-7)5-9-11(13(30)28(9)38(33,34)35)24-12(29)10(8-6-37-16(20)23-8)26-36-17(1-2-17)14(31)32/h4,6,9,11H,1-3,5H2,(H2,20,23)(H,24,29)(H,31,32)(H4,18,19,21)(H,33,34,35)/b26-10+/t9-,11+/m1/s1. The lowest BCUT2D eigenvalue weighted by atomic mass is 9.98. The van der Waals surface area contributed by atoms with Crippen LogP contribution in [0.3, 0.4) is 0 Å². The summed E-state index contributed by atoms with van der Waals surface area (Å²) in [6, 6.07) is -2.83. The van der Waals surface area contributed by atoms with Gasteiger partial charge >= 0.3 is 16.3 Å². The zero-order chi connectivity index (χ0) is 27.8. The number of hydrogen-bond donors (Lipinski definition) is 7. The summed E-state index contributed by atoms with van der Waals surface area (Å²) >= 11 is 0.959. The Kier molecular flexibility index (Phi) is 6.90. The maximum Gasteiger partial charge on any atom is 0.362 e. The van der Waals surface area contributed by atoms with E-state index < -0.39 is 51.5 Å². The third-order valence-corrected chi connectivity index (χ3v) is 7.11. The molecule has 2 amide bonds. The number of oxime groups is 1. The summed E-state index contributed by atoms with van der Waals surface area (Å²) in [5.41, 5.74) is 9.00. The van der Waals surface area contributed by atoms with Gasteiger partial charge in [-0.25, -0.2) is 14.1 Å². The lowest BCUT2D eigenvalue weighted by Crippen LogP contribution is -2.73. The molecular weight excluding hydrogens is 550 g/mol. The highest BCUT2D eigenvalue weighted by atomic mass is 32.2. The number of carbonyl (C=O) groups is 3. The number of aromatic nitrogens is 4. The molecule has 1 saturated carbocycles. The number of carboxylic acids is 1. The Morgan fingerprint density at radius 1 is 1.39 bits per heavy atom. The predicted octanol–water partition coefficient (Wildman–Crippen LogP) is -3.16. The number of aliphatic carboxylic acids is 1. The number of carboxylic acid groups (broad SMARTS) is 1. The fraction of sp³-hybridized carbons (Fsp3) is 0.412. The van der Waals surface area contributed by atoms with Crippen LogP contribution in [0, 0.1) is 5.41 Å². The molecule has 21 heteroatoms. The number of guanidine groups is 1. The second-order valence-corrected chi connectivity index (χ2v) is 10.4. The molecule has 1 saturated heterocycles. The summed E-state index contributed by atoms with van der Waals surface area (Å²) in [6.45, 7) is -0.333. The molecule has 0 unspecified atom stereocenters. The average molecular weight is 572 g/mol. The minimum absolute atomic E-state index is 0.0372. The van der Waals surface area contributed by atoms with Gasteiger partial charge in [0.1, 0.15) is 23.5 Å². The zero-order valence-electron chi connectivity index (χ0n) is 19.1. The van der Waals surface area contributed by atoms with Crippen LogP contribution < -0.4 is 22.1 Å². The van der Waals surface area contributed by atoms with Gasteiger partial charge in [-0.05, 0) is 0 Å². The van der Waals surface area contributed by atoms with Gasteiger partial charge in [0, 0.05) is 18.2 Å². The Bertz CT molecular complexity index is 1430. The SMILES string of the molecule is N=C(N)NCc1cnn(C[C@@H]2[C@H](NC(=O)/C(=N/OC3(C(=O)O)CC3)c3csc(N)n3)C(=O)N2S(=O)(=O)O)n1. The highest BCUT2D eigenvalue weighted by Gasteiger charge is 2.56. The van der Waals surface area contributed by atoms with E-state index in [0.29, 0.717) is 5.69 Å². The fourth-order valence-corrected chi connectivity index (χ4v) is 4.82. The summed E-state index contributed by atoms with van der Waals surface area (Å²) < 4.78 is 33.3. The van der Waals surface area contributed by atoms with Crippen LogP contribution in [0.4, 0.5) is 5.13 Å². The Morgan fingerprint density at radius 3 is 2.66 bits per heavy atom. The Labute approximate surface area is 217 Å². The monoisotopic (exact) mass is 571 g/mol. The number of carbonyl (C=O) groups excluding carboxylic acids is 2. The Morgan fingerprint density at radius 2 is 2.11 bits per heavy atom. The van der Waals surface area contributed by atoms with Crippen molar-refractivity contribution in [3.63, 3.8) is 0 Å². The second-order valence-electron chi connectivity index (χ2n) is 8.19. The molecule has 1 aliphatic carbocycles. The summed E-state index contributed by atoms with van der Waals surface area (Å²) in [4.78, 5) is 47.2. The molecule has 1 aliphatic heterocycles. The molecule has 2 aromatic heterocycles. The van der Waals surface area contributed by atoms with Crippen LogP contribution in [-0.2, 0) is 42.6 Å². The van der Waals surface area contributed by atoms with E-state index in [1.54, 1.807) is 0 Å². The molecule has 0 aromatic carbocycles. The molecule has 2 aromatic rings. The zero-order valence-corrected chi connectivity index (χ0v) is 20.8. The lowest BCUT2D eigenvalue weighted by Gasteiger charge is -2.43. The number of rotatable bonds is 11. The van der Waals surface area contributed by atoms with Gasteiger partial charge in [-0.1, -0.05) is 5.16 Å². The molecule has 4 rings (SSSR count). The number of amides is 2. The van der Waals surface area contributed by atoms with Crippen LogP contribution in [0.15, 0.2) is 16.7 Å². The minimum atomic E-state index is -5.01. The predicted molar refractivity (Wildman–Crippen MR) is 127 cm³/mol. The van der Waals surface area contributed by atoms with Gasteiger partial charge in [0.2, 0.25) is 5.60 Å². The largest absolute Gasteiger partial charge is 0.478 e. The van der Waals surface area contributed by atoms with E-state index in [0.717, 1.165) is 16.1 Å². The first kappa shape index (κ1) is 26.7. The van der Waals surface area contributed by atoms with Crippen LogP contribution in [-0.4, -0.2) is 89.5 Å². The van der Waals surface area contributed by atoms with Crippen LogP contribution in [0.2, 0.25) is 0 Å². The summed E-state index contributed by atoms with van der Waals surface area (Å²) in [5.74, 6) is -3.79. The molecule has 2 atom stereocenters. The molecule has 0 spiro atoms. The van der Waals surface area contributed by atoms with Crippen molar-refractivity contribution < 1.29 is 37.3 Å².